The smallest absolute Gasteiger partial charge is 0.273 e. The van der Waals surface area contributed by atoms with Gasteiger partial charge in [-0.15, -0.1) is 0 Å². The molecule has 0 atom stereocenters. The lowest BCUT2D eigenvalue weighted by Crippen LogP contribution is -2.27. The predicted octanol–water partition coefficient (Wildman–Crippen LogP) is 4.80. The predicted molar refractivity (Wildman–Crippen MR) is 129 cm³/mol. The Balaban J connectivity index is 0.00000133. The van der Waals surface area contributed by atoms with Crippen molar-refractivity contribution in [3.63, 3.8) is 0 Å². The van der Waals surface area contributed by atoms with E-state index < -0.39 is 11.6 Å². The number of carbonyl (C=O) groups excluding carboxylic acids is 1. The Bertz CT molecular complexity index is 1360. The van der Waals surface area contributed by atoms with Crippen molar-refractivity contribution in [2.24, 2.45) is 5.73 Å². The summed E-state index contributed by atoms with van der Waals surface area (Å²) in [6.45, 7) is 4.97. The van der Waals surface area contributed by atoms with E-state index in [-0.39, 0.29) is 24.1 Å². The summed E-state index contributed by atoms with van der Waals surface area (Å²) in [5, 5.41) is 0.477. The lowest BCUT2D eigenvalue weighted by molar-refractivity contribution is 0.0747. The summed E-state index contributed by atoms with van der Waals surface area (Å²) in [6, 6.07) is 15.1. The van der Waals surface area contributed by atoms with Crippen molar-refractivity contribution in [2.75, 3.05) is 5.73 Å². The maximum atomic E-state index is 14.0. The van der Waals surface area contributed by atoms with Crippen LogP contribution in [-0.4, -0.2) is 20.8 Å². The Labute approximate surface area is 196 Å². The minimum Gasteiger partial charge on any atom is -0.368 e. The average Bonchev–Trinajstić information content (AvgIpc) is 3.30. The van der Waals surface area contributed by atoms with E-state index in [1.165, 1.54) is 0 Å². The highest BCUT2D eigenvalue weighted by Gasteiger charge is 2.27. The number of fused-ring (bicyclic) bond motifs is 2. The number of rotatable bonds is 3. The van der Waals surface area contributed by atoms with Gasteiger partial charge in [0.2, 0.25) is 5.95 Å². The molecule has 2 heterocycles. The molecule has 0 saturated heterocycles. The Kier molecular flexibility index (Phi) is 6.51. The van der Waals surface area contributed by atoms with Crippen LogP contribution in [-0.2, 0) is 19.6 Å². The number of halogens is 2. The van der Waals surface area contributed by atoms with E-state index in [0.717, 1.165) is 23.3 Å². The van der Waals surface area contributed by atoms with Gasteiger partial charge in [0.15, 0.2) is 11.6 Å². The third-order valence-electron chi connectivity index (χ3n) is 5.72. The maximum absolute atomic E-state index is 14.0. The molecule has 0 bridgehead atoms. The molecule has 34 heavy (non-hydrogen) atoms. The van der Waals surface area contributed by atoms with Gasteiger partial charge in [-0.2, -0.15) is 0 Å². The number of nitrogens with zero attached hydrogens (tertiary/aromatic N) is 3. The number of amides is 1. The van der Waals surface area contributed by atoms with E-state index >= 15 is 0 Å². The van der Waals surface area contributed by atoms with E-state index in [2.05, 4.69) is 9.97 Å². The van der Waals surface area contributed by atoms with Crippen LogP contribution in [0.3, 0.4) is 0 Å². The number of nitrogens with two attached hydrogens (primary N) is 2. The fraction of sp³-hybridized carbons (Fsp3) is 0.192. The highest BCUT2D eigenvalue weighted by Crippen LogP contribution is 2.31. The van der Waals surface area contributed by atoms with E-state index in [9.17, 15) is 13.6 Å². The standard InChI is InChI=1S/C24H19F2N5O.C2H6/c25-19-8-16(10-27)17(9-20(19)26)13-5-6-21-18(7-13)22(30-24(28)29-21)23(32)31-11-14-3-1-2-4-15(14)12-31;1-2/h1-9H,10-12,27H2,(H2,28,29,30);1-2H3. The van der Waals surface area contributed by atoms with Crippen LogP contribution in [0.4, 0.5) is 14.7 Å². The molecule has 174 valence electrons. The Morgan fingerprint density at radius 2 is 1.62 bits per heavy atom. The van der Waals surface area contributed by atoms with Crippen molar-refractivity contribution in [3.8, 4) is 11.1 Å². The summed E-state index contributed by atoms with van der Waals surface area (Å²) in [5.41, 5.74) is 15.9. The van der Waals surface area contributed by atoms with Crippen molar-refractivity contribution in [2.45, 2.75) is 33.5 Å². The molecule has 0 fully saturated rings. The first-order chi connectivity index (χ1) is 16.4. The molecule has 4 N–H and O–H groups in total. The average molecular weight is 462 g/mol. The normalized spacial score (nSPS) is 12.3. The molecule has 5 rings (SSSR count). The number of hydrogen-bond donors (Lipinski definition) is 2. The zero-order valence-electron chi connectivity index (χ0n) is 19.0. The van der Waals surface area contributed by atoms with E-state index in [1.807, 2.05) is 38.1 Å². The minimum atomic E-state index is -0.975. The number of nitrogen functional groups attached to an aromatic ring is 1. The maximum Gasteiger partial charge on any atom is 0.273 e. The van der Waals surface area contributed by atoms with Gasteiger partial charge in [-0.3, -0.25) is 4.79 Å². The second kappa shape index (κ2) is 9.52. The van der Waals surface area contributed by atoms with Crippen molar-refractivity contribution in [1.29, 1.82) is 0 Å². The van der Waals surface area contributed by atoms with Gasteiger partial charge in [-0.05, 0) is 52.1 Å². The van der Waals surface area contributed by atoms with Crippen LogP contribution in [0.25, 0.3) is 22.0 Å². The summed E-state index contributed by atoms with van der Waals surface area (Å²) >= 11 is 0. The van der Waals surface area contributed by atoms with Crippen molar-refractivity contribution in [3.05, 3.63) is 88.6 Å². The third kappa shape index (κ3) is 4.20. The summed E-state index contributed by atoms with van der Waals surface area (Å²) in [4.78, 5) is 23.6. The Morgan fingerprint density at radius 3 is 2.26 bits per heavy atom. The van der Waals surface area contributed by atoms with Gasteiger partial charge in [0, 0.05) is 25.0 Å². The number of hydrogen-bond acceptors (Lipinski definition) is 5. The van der Waals surface area contributed by atoms with Crippen LogP contribution in [0.5, 0.6) is 0 Å². The number of aromatic nitrogens is 2. The molecular weight excluding hydrogens is 436 g/mol. The fourth-order valence-corrected chi connectivity index (χ4v) is 4.13. The summed E-state index contributed by atoms with van der Waals surface area (Å²) in [7, 11) is 0. The van der Waals surface area contributed by atoms with Crippen LogP contribution >= 0.6 is 0 Å². The first-order valence-electron chi connectivity index (χ1n) is 11.1. The highest BCUT2D eigenvalue weighted by molar-refractivity contribution is 6.06. The van der Waals surface area contributed by atoms with Crippen LogP contribution in [0.1, 0.15) is 41.0 Å². The second-order valence-corrected chi connectivity index (χ2v) is 7.72. The summed E-state index contributed by atoms with van der Waals surface area (Å²) in [5.74, 6) is -2.23. The molecule has 0 aliphatic carbocycles. The first kappa shape index (κ1) is 23.3. The quantitative estimate of drug-likeness (QED) is 0.457. The van der Waals surface area contributed by atoms with Gasteiger partial charge >= 0.3 is 0 Å². The molecule has 1 amide bonds. The Hall–Kier alpha value is -3.91. The SMILES string of the molecule is CC.NCc1cc(F)c(F)cc1-c1ccc2nc(N)nc(C(=O)N3Cc4ccccc4C3)c2c1. The van der Waals surface area contributed by atoms with Crippen LogP contribution < -0.4 is 11.5 Å². The van der Waals surface area contributed by atoms with Crippen molar-refractivity contribution in [1.82, 2.24) is 14.9 Å². The van der Waals surface area contributed by atoms with Gasteiger partial charge in [0.25, 0.3) is 5.91 Å². The topological polar surface area (TPSA) is 98.1 Å². The van der Waals surface area contributed by atoms with Gasteiger partial charge in [0.05, 0.1) is 5.52 Å². The van der Waals surface area contributed by atoms with E-state index in [4.69, 9.17) is 11.5 Å². The lowest BCUT2D eigenvalue weighted by Gasteiger charge is -2.17. The van der Waals surface area contributed by atoms with Gasteiger partial charge in [-0.1, -0.05) is 44.2 Å². The fourth-order valence-electron chi connectivity index (χ4n) is 4.13. The van der Waals surface area contributed by atoms with Crippen molar-refractivity contribution >= 4 is 22.8 Å². The highest BCUT2D eigenvalue weighted by atomic mass is 19.2. The minimum absolute atomic E-state index is 0.0132. The van der Waals surface area contributed by atoms with Crippen LogP contribution in [0.15, 0.2) is 54.6 Å². The zero-order valence-corrected chi connectivity index (χ0v) is 19.0. The second-order valence-electron chi connectivity index (χ2n) is 7.72. The molecule has 3 aromatic carbocycles. The first-order valence-corrected chi connectivity index (χ1v) is 11.1. The molecule has 1 aliphatic rings. The van der Waals surface area contributed by atoms with E-state index in [0.29, 0.717) is 40.7 Å². The molecule has 0 spiro atoms. The Morgan fingerprint density at radius 1 is 0.971 bits per heavy atom. The largest absolute Gasteiger partial charge is 0.368 e. The number of anilines is 1. The molecule has 0 radical (unpaired) electrons. The molecule has 4 aromatic rings. The molecule has 6 nitrogen and oxygen atoms in total. The molecule has 0 unspecified atom stereocenters. The van der Waals surface area contributed by atoms with Gasteiger partial charge in [0.1, 0.15) is 5.69 Å². The third-order valence-corrected chi connectivity index (χ3v) is 5.72. The monoisotopic (exact) mass is 461 g/mol. The van der Waals surface area contributed by atoms with Crippen molar-refractivity contribution < 1.29 is 13.6 Å². The van der Waals surface area contributed by atoms with Crippen LogP contribution in [0, 0.1) is 11.6 Å². The lowest BCUT2D eigenvalue weighted by atomic mass is 9.97. The number of benzene rings is 3. The van der Waals surface area contributed by atoms with Gasteiger partial charge in [-0.25, -0.2) is 18.7 Å². The summed E-state index contributed by atoms with van der Waals surface area (Å²) in [6.07, 6.45) is 0. The van der Waals surface area contributed by atoms with E-state index in [1.54, 1.807) is 23.1 Å². The number of carbonyl (C=O) groups is 1. The summed E-state index contributed by atoms with van der Waals surface area (Å²) < 4.78 is 27.7. The van der Waals surface area contributed by atoms with Gasteiger partial charge < -0.3 is 16.4 Å². The zero-order chi connectivity index (χ0) is 24.4. The molecule has 8 heteroatoms. The van der Waals surface area contributed by atoms with Crippen LogP contribution in [0.2, 0.25) is 0 Å². The molecule has 1 aromatic heterocycles. The molecular formula is C26H25F2N5O. The molecule has 0 saturated carbocycles. The molecule has 1 aliphatic heterocycles.